The molecule has 0 spiro atoms. The molecule has 0 aromatic heterocycles. The Morgan fingerprint density at radius 1 is 1.30 bits per heavy atom. The van der Waals surface area contributed by atoms with Crippen molar-refractivity contribution in [3.63, 3.8) is 0 Å². The zero-order valence-corrected chi connectivity index (χ0v) is 7.23. The molecule has 1 unspecified atom stereocenters. The molecule has 0 aliphatic rings. The Kier molecular flexibility index (Phi) is 2.67. The quantitative estimate of drug-likeness (QED) is 0.646. The lowest BCUT2D eigenvalue weighted by atomic mass is 10.4. The average molecular weight is 175 g/mol. The Labute approximate surface area is 66.5 Å². The van der Waals surface area contributed by atoms with E-state index in [1.54, 1.807) is 18.8 Å². The summed E-state index contributed by atoms with van der Waals surface area (Å²) in [6, 6.07) is 7.25. The van der Waals surface area contributed by atoms with Crippen LogP contribution in [0.25, 0.3) is 0 Å². The van der Waals surface area contributed by atoms with E-state index in [0.717, 1.165) is 5.30 Å². The van der Waals surface area contributed by atoms with Crippen molar-refractivity contribution < 1.29 is 4.89 Å². The summed E-state index contributed by atoms with van der Waals surface area (Å²) in [4.78, 5) is 9.14. The first kappa shape index (κ1) is 8.00. The van der Waals surface area contributed by atoms with Gasteiger partial charge < -0.3 is 4.89 Å². The van der Waals surface area contributed by atoms with Crippen LogP contribution in [0, 0.1) is 0 Å². The fourth-order valence-electron chi connectivity index (χ4n) is 0.657. The smallest absolute Gasteiger partial charge is 0.0531 e. The van der Waals surface area contributed by atoms with E-state index in [1.165, 1.54) is 0 Å². The van der Waals surface area contributed by atoms with E-state index in [-0.39, 0.29) is 0 Å². The molecule has 1 nitrogen and oxygen atoms in total. The molecule has 1 atom stereocenters. The van der Waals surface area contributed by atoms with Crippen LogP contribution in [-0.2, 0) is 0 Å². The molecule has 54 valence electrons. The van der Waals surface area contributed by atoms with E-state index in [1.807, 2.05) is 12.1 Å². The van der Waals surface area contributed by atoms with E-state index >= 15 is 0 Å². The van der Waals surface area contributed by atoms with Crippen LogP contribution >= 0.6 is 19.7 Å². The van der Waals surface area contributed by atoms with Gasteiger partial charge in [0.05, 0.1) is 8.15 Å². The highest BCUT2D eigenvalue weighted by Crippen LogP contribution is 2.22. The molecule has 1 rings (SSSR count). The van der Waals surface area contributed by atoms with Gasteiger partial charge in [-0.3, -0.25) is 0 Å². The SMILES string of the molecule is CP(O)c1ccc(Cl)cc1. The molecule has 10 heavy (non-hydrogen) atoms. The summed E-state index contributed by atoms with van der Waals surface area (Å²) in [7, 11) is -0.967. The molecule has 0 heterocycles. The van der Waals surface area contributed by atoms with Gasteiger partial charge in [-0.05, 0) is 18.8 Å². The molecule has 0 bridgehead atoms. The third-order valence-electron chi connectivity index (χ3n) is 1.20. The van der Waals surface area contributed by atoms with Crippen molar-refractivity contribution >= 4 is 25.1 Å². The van der Waals surface area contributed by atoms with Gasteiger partial charge >= 0.3 is 0 Å². The molecule has 1 aromatic rings. The number of hydrogen-bond acceptors (Lipinski definition) is 1. The summed E-state index contributed by atoms with van der Waals surface area (Å²) in [6.07, 6.45) is 0. The van der Waals surface area contributed by atoms with Crippen molar-refractivity contribution in [3.8, 4) is 0 Å². The molecular weight excluding hydrogens is 167 g/mol. The Bertz CT molecular complexity index is 207. The van der Waals surface area contributed by atoms with Crippen molar-refractivity contribution in [1.29, 1.82) is 0 Å². The Morgan fingerprint density at radius 2 is 1.80 bits per heavy atom. The minimum Gasteiger partial charge on any atom is -0.369 e. The van der Waals surface area contributed by atoms with Crippen LogP contribution in [-0.4, -0.2) is 11.6 Å². The van der Waals surface area contributed by atoms with Gasteiger partial charge in [0.2, 0.25) is 0 Å². The molecule has 0 saturated carbocycles. The molecule has 0 fully saturated rings. The summed E-state index contributed by atoms with van der Waals surface area (Å²) >= 11 is 5.64. The Hall–Kier alpha value is -0.100. The highest BCUT2D eigenvalue weighted by Gasteiger charge is 1.97. The maximum Gasteiger partial charge on any atom is 0.0531 e. The topological polar surface area (TPSA) is 20.2 Å². The third kappa shape index (κ3) is 1.95. The Morgan fingerprint density at radius 3 is 2.20 bits per heavy atom. The van der Waals surface area contributed by atoms with Crippen LogP contribution in [0.1, 0.15) is 0 Å². The van der Waals surface area contributed by atoms with E-state index in [0.29, 0.717) is 5.02 Å². The van der Waals surface area contributed by atoms with Gasteiger partial charge in [-0.15, -0.1) is 0 Å². The first-order valence-electron chi connectivity index (χ1n) is 2.88. The standard InChI is InChI=1S/C7H8ClOP/c1-10(9)7-4-2-6(8)3-5-7/h2-5,9H,1H3. The van der Waals surface area contributed by atoms with Crippen molar-refractivity contribution in [2.24, 2.45) is 0 Å². The average Bonchev–Trinajstić information content (AvgIpc) is 1.88. The lowest BCUT2D eigenvalue weighted by Crippen LogP contribution is -1.96. The molecule has 3 heteroatoms. The summed E-state index contributed by atoms with van der Waals surface area (Å²) in [5, 5.41) is 1.67. The summed E-state index contributed by atoms with van der Waals surface area (Å²) < 4.78 is 0. The van der Waals surface area contributed by atoms with E-state index < -0.39 is 8.15 Å². The first-order valence-corrected chi connectivity index (χ1v) is 5.00. The molecule has 0 radical (unpaired) electrons. The maximum absolute atomic E-state index is 9.14. The molecule has 0 aliphatic carbocycles. The van der Waals surface area contributed by atoms with Crippen LogP contribution in [0.2, 0.25) is 5.02 Å². The Balaban J connectivity index is 2.89. The van der Waals surface area contributed by atoms with Crippen molar-refractivity contribution in [2.45, 2.75) is 0 Å². The van der Waals surface area contributed by atoms with Gasteiger partial charge in [-0.2, -0.15) is 0 Å². The predicted octanol–water partition coefficient (Wildman–Crippen LogP) is 1.98. The highest BCUT2D eigenvalue weighted by molar-refractivity contribution is 7.59. The van der Waals surface area contributed by atoms with Crippen LogP contribution in [0.5, 0.6) is 0 Å². The van der Waals surface area contributed by atoms with Crippen molar-refractivity contribution in [2.75, 3.05) is 6.66 Å². The van der Waals surface area contributed by atoms with Crippen molar-refractivity contribution in [3.05, 3.63) is 29.3 Å². The van der Waals surface area contributed by atoms with E-state index in [9.17, 15) is 0 Å². The second-order valence-electron chi connectivity index (χ2n) is 2.00. The summed E-state index contributed by atoms with van der Waals surface area (Å²) in [5.74, 6) is 0. The summed E-state index contributed by atoms with van der Waals surface area (Å²) in [5.41, 5.74) is 0. The fourth-order valence-corrected chi connectivity index (χ4v) is 1.36. The first-order chi connectivity index (χ1) is 4.70. The normalized spacial score (nSPS) is 13.1. The molecule has 0 amide bonds. The van der Waals surface area contributed by atoms with Crippen LogP contribution in [0.3, 0.4) is 0 Å². The minimum atomic E-state index is -0.967. The predicted molar refractivity (Wildman–Crippen MR) is 46.1 cm³/mol. The van der Waals surface area contributed by atoms with E-state index in [4.69, 9.17) is 16.5 Å². The van der Waals surface area contributed by atoms with Gasteiger partial charge in [0.1, 0.15) is 0 Å². The lowest BCUT2D eigenvalue weighted by Gasteiger charge is -2.01. The van der Waals surface area contributed by atoms with E-state index in [2.05, 4.69) is 0 Å². The van der Waals surface area contributed by atoms with Crippen molar-refractivity contribution in [1.82, 2.24) is 0 Å². The summed E-state index contributed by atoms with van der Waals surface area (Å²) in [6.45, 7) is 1.79. The fraction of sp³-hybridized carbons (Fsp3) is 0.143. The van der Waals surface area contributed by atoms with Gasteiger partial charge in [0.25, 0.3) is 0 Å². The minimum absolute atomic E-state index is 0.709. The number of halogens is 1. The molecule has 0 aliphatic heterocycles. The van der Waals surface area contributed by atoms with Crippen LogP contribution in [0.4, 0.5) is 0 Å². The molecule has 1 aromatic carbocycles. The van der Waals surface area contributed by atoms with Gasteiger partial charge in [-0.25, -0.2) is 0 Å². The maximum atomic E-state index is 9.14. The van der Waals surface area contributed by atoms with Crippen LogP contribution < -0.4 is 5.30 Å². The monoisotopic (exact) mass is 174 g/mol. The van der Waals surface area contributed by atoms with Gasteiger partial charge in [-0.1, -0.05) is 23.7 Å². The van der Waals surface area contributed by atoms with Gasteiger partial charge in [0, 0.05) is 10.3 Å². The number of rotatable bonds is 1. The second-order valence-corrected chi connectivity index (χ2v) is 4.00. The van der Waals surface area contributed by atoms with Gasteiger partial charge in [0.15, 0.2) is 0 Å². The largest absolute Gasteiger partial charge is 0.369 e. The third-order valence-corrected chi connectivity index (χ3v) is 2.50. The van der Waals surface area contributed by atoms with Crippen LogP contribution in [0.15, 0.2) is 24.3 Å². The molecule has 0 saturated heterocycles. The zero-order valence-electron chi connectivity index (χ0n) is 5.58. The lowest BCUT2D eigenvalue weighted by molar-refractivity contribution is 0.641. The second kappa shape index (κ2) is 3.34. The zero-order chi connectivity index (χ0) is 7.56. The number of hydrogen-bond donors (Lipinski definition) is 1. The highest BCUT2D eigenvalue weighted by atomic mass is 35.5. The molecule has 1 N–H and O–H groups in total. The molecular formula is C7H8ClOP. The number of benzene rings is 1.